The first kappa shape index (κ1) is 22.4. The highest BCUT2D eigenvalue weighted by Gasteiger charge is 2.56. The molecule has 4 aliphatic carbocycles. The molecule has 0 aromatic carbocycles. The number of rotatable bonds is 5. The first-order chi connectivity index (χ1) is 14.1. The number of hydrogen-bond donors (Lipinski definition) is 1. The molecule has 3 fully saturated rings. The normalized spacial score (nSPS) is 42.9. The fourth-order valence-corrected chi connectivity index (χ4v) is 8.21. The third-order valence-corrected chi connectivity index (χ3v) is 9.84. The number of hydrogen-bond acceptors (Lipinski definition) is 1. The molecule has 0 heterocycles. The topological polar surface area (TPSA) is 20.2 Å². The van der Waals surface area contributed by atoms with Gasteiger partial charge in [-0.15, -0.1) is 0 Å². The average molecular weight is 411 g/mol. The second-order valence-corrected chi connectivity index (χ2v) is 12.4. The maximum atomic E-state index is 10.2. The van der Waals surface area contributed by atoms with Gasteiger partial charge in [0.1, 0.15) is 0 Å². The molecule has 0 aromatic heterocycles. The molecule has 0 unspecified atom stereocenters. The van der Waals surface area contributed by atoms with Crippen LogP contribution in [0.4, 0.5) is 0 Å². The van der Waals surface area contributed by atoms with Crippen LogP contribution in [0.25, 0.3) is 0 Å². The van der Waals surface area contributed by atoms with Crippen LogP contribution in [-0.4, -0.2) is 11.2 Å². The van der Waals surface area contributed by atoms with Gasteiger partial charge in [0.2, 0.25) is 0 Å². The Kier molecular flexibility index (Phi) is 6.17. The van der Waals surface area contributed by atoms with Crippen molar-refractivity contribution in [3.05, 3.63) is 35.5 Å². The van der Waals surface area contributed by atoms with Crippen molar-refractivity contribution in [2.75, 3.05) is 0 Å². The van der Waals surface area contributed by atoms with Gasteiger partial charge < -0.3 is 5.11 Å². The van der Waals surface area contributed by atoms with E-state index < -0.39 is 0 Å². The Balaban J connectivity index is 1.53. The maximum absolute atomic E-state index is 10.2. The van der Waals surface area contributed by atoms with Crippen molar-refractivity contribution < 1.29 is 5.11 Å². The second-order valence-electron chi connectivity index (χ2n) is 12.4. The maximum Gasteiger partial charge on any atom is 0.0578 e. The Morgan fingerprint density at radius 3 is 2.47 bits per heavy atom. The van der Waals surface area contributed by atoms with Crippen LogP contribution in [-0.2, 0) is 0 Å². The van der Waals surface area contributed by atoms with Crippen molar-refractivity contribution in [3.8, 4) is 0 Å². The van der Waals surface area contributed by atoms with Crippen LogP contribution in [0.5, 0.6) is 0 Å². The predicted octanol–water partition coefficient (Wildman–Crippen LogP) is 7.72. The van der Waals surface area contributed by atoms with Gasteiger partial charge in [-0.2, -0.15) is 0 Å². The molecule has 4 rings (SSSR count). The molecule has 0 amide bonds. The van der Waals surface area contributed by atoms with Gasteiger partial charge in [0.25, 0.3) is 0 Å². The summed E-state index contributed by atoms with van der Waals surface area (Å²) < 4.78 is 0. The summed E-state index contributed by atoms with van der Waals surface area (Å²) in [6, 6.07) is 0. The van der Waals surface area contributed by atoms with Crippen molar-refractivity contribution in [2.24, 2.45) is 46.3 Å². The Morgan fingerprint density at radius 2 is 1.73 bits per heavy atom. The zero-order valence-corrected chi connectivity index (χ0v) is 20.5. The molecule has 0 spiro atoms. The fourth-order valence-electron chi connectivity index (χ4n) is 8.21. The highest BCUT2D eigenvalue weighted by molar-refractivity contribution is 5.39. The second kappa shape index (κ2) is 8.27. The smallest absolute Gasteiger partial charge is 0.0578 e. The van der Waals surface area contributed by atoms with Crippen LogP contribution >= 0.6 is 0 Å². The zero-order chi connectivity index (χ0) is 21.7. The molecule has 1 nitrogen and oxygen atoms in total. The van der Waals surface area contributed by atoms with Crippen LogP contribution in [0.2, 0.25) is 0 Å². The number of aliphatic hydroxyl groups is 1. The molecule has 1 heteroatoms. The van der Waals surface area contributed by atoms with E-state index in [-0.39, 0.29) is 6.10 Å². The molecule has 0 aliphatic heterocycles. The molecule has 0 aromatic rings. The zero-order valence-electron chi connectivity index (χ0n) is 20.5. The van der Waals surface area contributed by atoms with Crippen LogP contribution in [0.3, 0.4) is 0 Å². The molecule has 8 atom stereocenters. The summed E-state index contributed by atoms with van der Waals surface area (Å²) in [6.07, 6.45) is 19.7. The summed E-state index contributed by atoms with van der Waals surface area (Å²) in [5, 5.41) is 10.2. The van der Waals surface area contributed by atoms with E-state index in [9.17, 15) is 5.11 Å². The fraction of sp³-hybridized carbons (Fsp3) is 0.793. The van der Waals surface area contributed by atoms with Crippen molar-refractivity contribution in [1.29, 1.82) is 0 Å². The molecule has 0 radical (unpaired) electrons. The quantitative estimate of drug-likeness (QED) is 0.460. The van der Waals surface area contributed by atoms with Gasteiger partial charge in [0.05, 0.1) is 6.10 Å². The first-order valence-electron chi connectivity index (χ1n) is 12.9. The molecule has 168 valence electrons. The average Bonchev–Trinajstić information content (AvgIpc) is 3.03. The molecule has 0 saturated heterocycles. The summed E-state index contributed by atoms with van der Waals surface area (Å²) in [4.78, 5) is 0. The van der Waals surface area contributed by atoms with Crippen molar-refractivity contribution in [2.45, 2.75) is 99.0 Å². The van der Waals surface area contributed by atoms with E-state index >= 15 is 0 Å². The summed E-state index contributed by atoms with van der Waals surface area (Å²) in [7, 11) is 0. The Bertz CT molecular complexity index is 727. The molecular formula is C29H46O. The lowest BCUT2D eigenvalue weighted by Gasteiger charge is -2.55. The monoisotopic (exact) mass is 410 g/mol. The van der Waals surface area contributed by atoms with E-state index in [1.165, 1.54) is 44.1 Å². The lowest BCUT2D eigenvalue weighted by atomic mass is 9.50. The van der Waals surface area contributed by atoms with Crippen LogP contribution in [0.15, 0.2) is 35.5 Å². The van der Waals surface area contributed by atoms with Crippen LogP contribution in [0.1, 0.15) is 92.9 Å². The summed E-state index contributed by atoms with van der Waals surface area (Å²) in [5.41, 5.74) is 4.07. The van der Waals surface area contributed by atoms with E-state index in [1.807, 2.05) is 0 Å². The third-order valence-electron chi connectivity index (χ3n) is 9.84. The van der Waals surface area contributed by atoms with Crippen LogP contribution < -0.4 is 0 Å². The molecule has 30 heavy (non-hydrogen) atoms. The summed E-state index contributed by atoms with van der Waals surface area (Å²) in [5.74, 6) is 4.46. The minimum absolute atomic E-state index is 0.116. The highest BCUT2D eigenvalue weighted by atomic mass is 16.3. The molecule has 1 N–H and O–H groups in total. The van der Waals surface area contributed by atoms with E-state index in [0.717, 1.165) is 36.5 Å². The van der Waals surface area contributed by atoms with Gasteiger partial charge in [-0.25, -0.2) is 0 Å². The van der Waals surface area contributed by atoms with Gasteiger partial charge >= 0.3 is 0 Å². The first-order valence-corrected chi connectivity index (χ1v) is 12.9. The van der Waals surface area contributed by atoms with E-state index in [1.54, 1.807) is 5.57 Å². The Hall–Kier alpha value is -0.820. The van der Waals surface area contributed by atoms with Gasteiger partial charge in [0, 0.05) is 0 Å². The number of fused-ring (bicyclic) bond motifs is 5. The largest absolute Gasteiger partial charge is 0.393 e. The van der Waals surface area contributed by atoms with Crippen molar-refractivity contribution in [3.63, 3.8) is 0 Å². The highest BCUT2D eigenvalue weighted by Crippen LogP contribution is 2.65. The lowest BCUT2D eigenvalue weighted by molar-refractivity contribution is 0.0382. The van der Waals surface area contributed by atoms with Gasteiger partial charge in [-0.05, 0) is 97.7 Å². The van der Waals surface area contributed by atoms with Gasteiger partial charge in [0.15, 0.2) is 0 Å². The van der Waals surface area contributed by atoms with Gasteiger partial charge in [-0.3, -0.25) is 0 Å². The van der Waals surface area contributed by atoms with Crippen LogP contribution in [0, 0.1) is 46.3 Å². The summed E-state index contributed by atoms with van der Waals surface area (Å²) in [6.45, 7) is 14.7. The lowest BCUT2D eigenvalue weighted by Crippen LogP contribution is -2.46. The van der Waals surface area contributed by atoms with E-state index in [0.29, 0.717) is 22.7 Å². The Morgan fingerprint density at radius 1 is 0.967 bits per heavy atom. The minimum Gasteiger partial charge on any atom is -0.393 e. The van der Waals surface area contributed by atoms with Crippen molar-refractivity contribution in [1.82, 2.24) is 0 Å². The molecule has 0 bridgehead atoms. The van der Waals surface area contributed by atoms with Crippen molar-refractivity contribution >= 4 is 0 Å². The van der Waals surface area contributed by atoms with E-state index in [4.69, 9.17) is 0 Å². The number of aliphatic hydroxyl groups excluding tert-OH is 1. The van der Waals surface area contributed by atoms with E-state index in [2.05, 4.69) is 65.8 Å². The molecule has 3 saturated carbocycles. The summed E-state index contributed by atoms with van der Waals surface area (Å²) >= 11 is 0. The molecule has 4 aliphatic rings. The SMILES string of the molecule is CC(C)C[C@@H](C)/C=C/[C@@H](C)[C@H]1CC[C@H]2C3=CC=C4C[C@@H](O)CC[C@]4(C)[C@H]3CC[C@]12C. The standard InChI is InChI=1S/C29H46O/c1-19(2)17-20(3)7-8-21(4)25-11-12-26-24-10-9-22-18-23(30)13-15-28(22,5)27(24)14-16-29(25,26)6/h7-10,19-21,23,25-27,30H,11-18H2,1-6H3/b8-7+/t20-,21+,23-,25+,26-,27-,28-,29+/m0/s1. The van der Waals surface area contributed by atoms with Gasteiger partial charge in [-0.1, -0.05) is 77.0 Å². The molecular weight excluding hydrogens is 364 g/mol. The number of allylic oxidation sites excluding steroid dienone is 5. The Labute approximate surface area is 186 Å². The predicted molar refractivity (Wildman–Crippen MR) is 128 cm³/mol. The third kappa shape index (κ3) is 3.78. The minimum atomic E-state index is -0.116.